The third kappa shape index (κ3) is 4.60. The number of nitrogens with two attached hydrogens (primary N) is 1. The highest BCUT2D eigenvalue weighted by Gasteiger charge is 2.08. The molecule has 1 aromatic rings. The Bertz CT molecular complexity index is 285. The van der Waals surface area contributed by atoms with Gasteiger partial charge in [0.2, 0.25) is 5.91 Å². The second kappa shape index (κ2) is 6.19. The number of nitrogens with zero attached hydrogens (tertiary/aromatic N) is 1. The van der Waals surface area contributed by atoms with Crippen LogP contribution in [0.3, 0.4) is 0 Å². The van der Waals surface area contributed by atoms with Crippen LogP contribution in [0.2, 0.25) is 0 Å². The minimum Gasteiger partial charge on any atom is -0.360 e. The summed E-state index contributed by atoms with van der Waals surface area (Å²) in [5, 5.41) is 6.26. The maximum absolute atomic E-state index is 11.4. The van der Waals surface area contributed by atoms with Crippen molar-refractivity contribution in [3.8, 4) is 0 Å². The normalized spacial score (nSPS) is 12.4. The maximum Gasteiger partial charge on any atom is 0.221 e. The number of hydrogen-bond donors (Lipinski definition) is 2. The topological polar surface area (TPSA) is 81.2 Å². The average Bonchev–Trinajstić information content (AvgIpc) is 2.67. The predicted molar refractivity (Wildman–Crippen MR) is 55.9 cm³/mol. The van der Waals surface area contributed by atoms with Crippen LogP contribution in [0.25, 0.3) is 0 Å². The molecule has 0 aromatic carbocycles. The zero-order valence-corrected chi connectivity index (χ0v) is 8.90. The number of hydrogen-bond acceptors (Lipinski definition) is 4. The summed E-state index contributed by atoms with van der Waals surface area (Å²) in [5.41, 5.74) is 5.74. The van der Waals surface area contributed by atoms with Gasteiger partial charge in [-0.1, -0.05) is 18.5 Å². The average molecular weight is 211 g/mol. The Kier molecular flexibility index (Phi) is 4.83. The van der Waals surface area contributed by atoms with Crippen LogP contribution in [0.1, 0.15) is 31.9 Å². The van der Waals surface area contributed by atoms with Gasteiger partial charge in [0.1, 0.15) is 0 Å². The molecule has 0 fully saturated rings. The molecule has 0 spiro atoms. The van der Waals surface area contributed by atoms with Crippen LogP contribution in [-0.2, 0) is 11.3 Å². The van der Waals surface area contributed by atoms with E-state index in [0.29, 0.717) is 18.7 Å². The second-order valence-corrected chi connectivity index (χ2v) is 3.51. The van der Waals surface area contributed by atoms with Crippen molar-refractivity contribution in [1.29, 1.82) is 0 Å². The summed E-state index contributed by atoms with van der Waals surface area (Å²) in [6, 6.07) is 1.66. The highest BCUT2D eigenvalue weighted by atomic mass is 16.5. The molecular formula is C10H17N3O2. The summed E-state index contributed by atoms with van der Waals surface area (Å²) < 4.78 is 4.84. The second-order valence-electron chi connectivity index (χ2n) is 3.51. The molecule has 0 bridgehead atoms. The first-order valence-corrected chi connectivity index (χ1v) is 5.14. The number of carbonyl (C=O) groups excluding carboxylic acids is 1. The Morgan fingerprint density at radius 3 is 3.13 bits per heavy atom. The van der Waals surface area contributed by atoms with E-state index < -0.39 is 0 Å². The third-order valence-corrected chi connectivity index (χ3v) is 2.06. The lowest BCUT2D eigenvalue weighted by atomic mass is 10.1. The first kappa shape index (κ1) is 11.7. The van der Waals surface area contributed by atoms with Crippen LogP contribution in [0.4, 0.5) is 0 Å². The number of amides is 1. The fourth-order valence-corrected chi connectivity index (χ4v) is 1.30. The summed E-state index contributed by atoms with van der Waals surface area (Å²) in [5.74, 6) is 0.597. The molecule has 3 N–H and O–H groups in total. The van der Waals surface area contributed by atoms with Gasteiger partial charge in [-0.2, -0.15) is 0 Å². The predicted octanol–water partition coefficient (Wildman–Crippen LogP) is 0.808. The molecule has 0 radical (unpaired) electrons. The quantitative estimate of drug-likeness (QED) is 0.729. The Morgan fingerprint density at radius 1 is 1.73 bits per heavy atom. The van der Waals surface area contributed by atoms with Crippen LogP contribution in [0.15, 0.2) is 16.8 Å². The van der Waals surface area contributed by atoms with E-state index in [4.69, 9.17) is 10.3 Å². The number of carbonyl (C=O) groups is 1. The van der Waals surface area contributed by atoms with Crippen molar-refractivity contribution in [3.05, 3.63) is 18.0 Å². The summed E-state index contributed by atoms with van der Waals surface area (Å²) in [4.78, 5) is 11.4. The molecule has 0 aliphatic carbocycles. The van der Waals surface area contributed by atoms with E-state index >= 15 is 0 Å². The van der Waals surface area contributed by atoms with Crippen molar-refractivity contribution in [2.45, 2.75) is 38.8 Å². The molecule has 1 amide bonds. The van der Waals surface area contributed by atoms with Crippen molar-refractivity contribution >= 4 is 5.91 Å². The molecule has 1 unspecified atom stereocenters. The van der Waals surface area contributed by atoms with Crippen molar-refractivity contribution in [2.24, 2.45) is 5.73 Å². The van der Waals surface area contributed by atoms with Crippen molar-refractivity contribution < 1.29 is 9.32 Å². The minimum atomic E-state index is -0.0512. The van der Waals surface area contributed by atoms with Gasteiger partial charge in [0.15, 0.2) is 5.76 Å². The molecule has 1 heterocycles. The summed E-state index contributed by atoms with van der Waals surface area (Å²) in [6.45, 7) is 2.42. The van der Waals surface area contributed by atoms with Gasteiger partial charge in [-0.3, -0.25) is 4.79 Å². The zero-order chi connectivity index (χ0) is 11.1. The lowest BCUT2D eigenvalue weighted by Crippen LogP contribution is -2.31. The number of nitrogens with one attached hydrogen (secondary N) is 1. The molecule has 5 nitrogen and oxygen atoms in total. The van der Waals surface area contributed by atoms with Crippen molar-refractivity contribution in [3.63, 3.8) is 0 Å². The van der Waals surface area contributed by atoms with Crippen molar-refractivity contribution in [1.82, 2.24) is 10.5 Å². The lowest BCUT2D eigenvalue weighted by molar-refractivity contribution is -0.121. The molecule has 0 aliphatic heterocycles. The van der Waals surface area contributed by atoms with E-state index in [2.05, 4.69) is 10.5 Å². The Balaban J connectivity index is 2.19. The molecule has 1 rings (SSSR count). The van der Waals surface area contributed by atoms with Crippen molar-refractivity contribution in [2.75, 3.05) is 0 Å². The molecule has 0 saturated heterocycles. The Labute approximate surface area is 89.0 Å². The van der Waals surface area contributed by atoms with E-state index in [-0.39, 0.29) is 11.9 Å². The summed E-state index contributed by atoms with van der Waals surface area (Å²) in [7, 11) is 0. The smallest absolute Gasteiger partial charge is 0.221 e. The number of rotatable bonds is 6. The monoisotopic (exact) mass is 211 g/mol. The summed E-state index contributed by atoms with van der Waals surface area (Å²) >= 11 is 0. The van der Waals surface area contributed by atoms with Gasteiger partial charge in [-0.15, -0.1) is 0 Å². The molecule has 1 aromatic heterocycles. The SMILES string of the molecule is CCCC(N)CC(=O)NCc1ccno1. The fraction of sp³-hybridized carbons (Fsp3) is 0.600. The standard InChI is InChI=1S/C10H17N3O2/c1-2-3-8(11)6-10(14)12-7-9-4-5-13-15-9/h4-5,8H,2-3,6-7,11H2,1H3,(H,12,14). The first-order chi connectivity index (χ1) is 7.22. The van der Waals surface area contributed by atoms with Crippen LogP contribution in [-0.4, -0.2) is 17.1 Å². The van der Waals surface area contributed by atoms with Gasteiger partial charge in [-0.05, 0) is 6.42 Å². The van der Waals surface area contributed by atoms with Crippen LogP contribution < -0.4 is 11.1 Å². The van der Waals surface area contributed by atoms with E-state index in [1.165, 1.54) is 0 Å². The summed E-state index contributed by atoms with van der Waals surface area (Å²) in [6.07, 6.45) is 3.78. The van der Waals surface area contributed by atoms with E-state index in [1.807, 2.05) is 6.92 Å². The van der Waals surface area contributed by atoms with Gasteiger partial charge < -0.3 is 15.6 Å². The van der Waals surface area contributed by atoms with Crippen LogP contribution >= 0.6 is 0 Å². The maximum atomic E-state index is 11.4. The highest BCUT2D eigenvalue weighted by molar-refractivity contribution is 5.76. The first-order valence-electron chi connectivity index (χ1n) is 5.14. The lowest BCUT2D eigenvalue weighted by Gasteiger charge is -2.09. The van der Waals surface area contributed by atoms with E-state index in [1.54, 1.807) is 12.3 Å². The highest BCUT2D eigenvalue weighted by Crippen LogP contribution is 1.99. The van der Waals surface area contributed by atoms with Gasteiger partial charge >= 0.3 is 0 Å². The Hall–Kier alpha value is -1.36. The van der Waals surface area contributed by atoms with E-state index in [9.17, 15) is 4.79 Å². The molecule has 0 saturated carbocycles. The molecule has 5 heteroatoms. The van der Waals surface area contributed by atoms with Crippen LogP contribution in [0, 0.1) is 0 Å². The molecule has 15 heavy (non-hydrogen) atoms. The van der Waals surface area contributed by atoms with Gasteiger partial charge in [0.25, 0.3) is 0 Å². The molecule has 1 atom stereocenters. The fourth-order valence-electron chi connectivity index (χ4n) is 1.30. The molecular weight excluding hydrogens is 194 g/mol. The molecule has 84 valence electrons. The van der Waals surface area contributed by atoms with E-state index in [0.717, 1.165) is 12.8 Å². The number of aromatic nitrogens is 1. The van der Waals surface area contributed by atoms with Gasteiger partial charge in [0, 0.05) is 18.5 Å². The van der Waals surface area contributed by atoms with Crippen LogP contribution in [0.5, 0.6) is 0 Å². The Morgan fingerprint density at radius 2 is 2.53 bits per heavy atom. The zero-order valence-electron chi connectivity index (χ0n) is 8.90. The molecule has 0 aliphatic rings. The third-order valence-electron chi connectivity index (χ3n) is 2.06. The van der Waals surface area contributed by atoms with Gasteiger partial charge in [-0.25, -0.2) is 0 Å². The largest absolute Gasteiger partial charge is 0.360 e. The van der Waals surface area contributed by atoms with Gasteiger partial charge in [0.05, 0.1) is 12.7 Å². The minimum absolute atomic E-state index is 0.0487.